The number of hydrogen-bond acceptors (Lipinski definition) is 13. The molecule has 13 nitrogen and oxygen atoms in total. The average Bonchev–Trinajstić information content (AvgIpc) is 1.41. The van der Waals surface area contributed by atoms with Gasteiger partial charge in [0.05, 0.1) is 48.5 Å². The van der Waals surface area contributed by atoms with Crippen molar-refractivity contribution >= 4 is 17.7 Å². The van der Waals surface area contributed by atoms with Crippen molar-refractivity contribution in [3.63, 3.8) is 0 Å². The molecule has 0 unspecified atom stereocenters. The normalized spacial score (nSPS) is 52.5. The van der Waals surface area contributed by atoms with Crippen LogP contribution in [0.2, 0.25) is 0 Å². The van der Waals surface area contributed by atoms with Crippen LogP contribution in [-0.4, -0.2) is 106 Å². The summed E-state index contributed by atoms with van der Waals surface area (Å²) in [7, 11) is 0. The number of aliphatic hydroxyl groups excluding tert-OH is 3. The molecule has 92 heavy (non-hydrogen) atoms. The second-order valence-corrected chi connectivity index (χ2v) is 35.2. The first-order valence-corrected chi connectivity index (χ1v) is 37.2. The van der Waals surface area contributed by atoms with E-state index in [1.165, 1.54) is 49.7 Å². The van der Waals surface area contributed by atoms with Crippen LogP contribution in [0.4, 0.5) is 0 Å². The van der Waals surface area contributed by atoms with Crippen LogP contribution >= 0.6 is 0 Å². The Morgan fingerprint density at radius 3 is 2.57 bits per heavy atom. The van der Waals surface area contributed by atoms with Gasteiger partial charge in [0.1, 0.15) is 35.8 Å². The van der Waals surface area contributed by atoms with E-state index in [4.69, 9.17) is 23.4 Å². The number of nitrogens with zero attached hydrogens (tertiary/aromatic N) is 1. The van der Waals surface area contributed by atoms with Gasteiger partial charge >= 0.3 is 11.9 Å². The number of ether oxygens (including phenoxy) is 4. The van der Waals surface area contributed by atoms with Gasteiger partial charge in [-0.2, -0.15) is 0 Å². The van der Waals surface area contributed by atoms with Gasteiger partial charge in [0.2, 0.25) is 0 Å². The molecule has 2 aromatic rings. The number of furan rings is 1. The summed E-state index contributed by atoms with van der Waals surface area (Å²) < 4.78 is 37.7. The molecule has 18 aliphatic rings. The maximum Gasteiger partial charge on any atom is 0.339 e. The van der Waals surface area contributed by atoms with Crippen LogP contribution in [0.15, 0.2) is 95.3 Å². The van der Waals surface area contributed by atoms with E-state index >= 15 is 19.5 Å². The number of ketones is 1. The zero-order chi connectivity index (χ0) is 61.9. The van der Waals surface area contributed by atoms with Gasteiger partial charge in [0, 0.05) is 46.7 Å². The molecule has 11 aliphatic carbocycles. The number of epoxide rings is 1. The number of esters is 2. The molecule has 1 aromatic carbocycles. The molecule has 13 heteroatoms. The molecule has 5 saturated heterocycles. The van der Waals surface area contributed by atoms with Crippen LogP contribution < -0.4 is 5.32 Å². The number of aliphatic hydroxyl groups is 3. The predicted molar refractivity (Wildman–Crippen MR) is 340 cm³/mol. The quantitative estimate of drug-likeness (QED) is 0.106. The van der Waals surface area contributed by atoms with E-state index < -0.39 is 92.0 Å². The summed E-state index contributed by atoms with van der Waals surface area (Å²) in [5.74, 6) is -0.257. The SMILES string of the molecule is C[C@H]1[C@@H]2CCCC[C@H]2C=C[C@@]12C=CC[C@]13O[C@]45C(=C[C@@H]21)C[C@H]1CC2(CCCC2)C[C@]12C[C@@H]1C[C@@]6(C)[C@H](c7ccoc7C[C@@H]([C@@H]7CC[C@H]8[C@H](C=CN9CNC[C@H]89)C7)[C@H](O)CO)OC(=O)[C@H]7O[C@]76[C@]6([C@H]7CCC[C@H](Cc8ccccc8)C7)[C@H](O)C(=O)[C@H]3[C@@]4(COC(=O)[C@@H]25)[C@@H]16. The first-order chi connectivity index (χ1) is 44.7. The summed E-state index contributed by atoms with van der Waals surface area (Å²) in [4.78, 5) is 52.7. The Balaban J connectivity index is 0.792. The topological polar surface area (TPSA) is 181 Å². The number of carbonyl (C=O) groups excluding carboxylic acids is 3. The molecule has 9 saturated carbocycles. The Hall–Kier alpha value is -4.37. The summed E-state index contributed by atoms with van der Waals surface area (Å²) in [6.45, 7) is 6.32. The lowest BCUT2D eigenvalue weighted by atomic mass is 9.29. The summed E-state index contributed by atoms with van der Waals surface area (Å²) in [6.07, 6.45) is 36.3. The number of benzene rings is 1. The van der Waals surface area contributed by atoms with Crippen molar-refractivity contribution in [2.45, 2.75) is 209 Å². The fraction of sp³-hybridized carbons (Fsp3) is 0.734. The Bertz CT molecular complexity index is 3550. The van der Waals surface area contributed by atoms with Crippen molar-refractivity contribution in [3.05, 3.63) is 108 Å². The number of hydrogen-bond donors (Lipinski definition) is 4. The van der Waals surface area contributed by atoms with E-state index in [9.17, 15) is 10.2 Å². The zero-order valence-corrected chi connectivity index (χ0v) is 54.3. The average molecular weight is 1250 g/mol. The molecule has 1 aromatic heterocycles. The van der Waals surface area contributed by atoms with Crippen LogP contribution in [0.5, 0.6) is 0 Å². The van der Waals surface area contributed by atoms with Gasteiger partial charge in [-0.15, -0.1) is 0 Å². The number of carbonyl (C=O) groups is 3. The highest BCUT2D eigenvalue weighted by atomic mass is 16.7. The molecule has 7 aliphatic heterocycles. The summed E-state index contributed by atoms with van der Waals surface area (Å²) in [5, 5.41) is 41.7. The van der Waals surface area contributed by atoms with Gasteiger partial charge in [0.15, 0.2) is 11.9 Å². The lowest BCUT2D eigenvalue weighted by Crippen LogP contribution is -2.82. The molecule has 0 radical (unpaired) electrons. The lowest BCUT2D eigenvalue weighted by Gasteiger charge is -2.73. The standard InChI is InChI=1S/C79H98N2O11/c1-44-54-17-7-6-15-47(54)20-27-73(44)25-11-26-76-61(73)34-52-33-53-38-72(23-8-9-24-72)41-74(53)37-50-36-71(2)67(56-22-29-88-60(56)35-57(59(83)40-82)48-18-19-55-49(32-48)21-28-81-43-80-39-58(55)81)90-70(87)68-79(71,91-68)77(51-16-10-14-46(31-51)30-45-12-4-3-5-13-45)63(50)75(64(76)62(84)66(77)85)42-89-69(86)65(74)78(52,75)92-76/h3-5,11-13,20-22,25,27-29,34,44,46-51,53-55,57-59,61,63-68,80,82-83,85H,6-10,14-19,23-24,26,30-33,35-43H2,1-2H3/t44-,46+,47-,48+,49+,50-,51-,53-,54-,55-,57-,58+,59+,61-,63+,64-,65-,66+,67-,68+,71-,73-,74+,75+,76-,77-,78-,79+/m0/s1. The van der Waals surface area contributed by atoms with Crippen molar-refractivity contribution in [2.75, 3.05) is 26.4 Å². The van der Waals surface area contributed by atoms with Crippen molar-refractivity contribution in [1.82, 2.24) is 10.2 Å². The molecule has 28 atom stereocenters. The largest absolute Gasteiger partial charge is 0.469 e. The fourth-order valence-electron chi connectivity index (χ4n) is 29.8. The number of rotatable bonds is 9. The molecule has 4 N–H and O–H groups in total. The molecule has 8 heterocycles. The van der Waals surface area contributed by atoms with E-state index in [0.29, 0.717) is 54.7 Å². The Morgan fingerprint density at radius 2 is 1.71 bits per heavy atom. The Labute approximate surface area is 542 Å². The number of nitrogens with one attached hydrogen (secondary N) is 1. The molecule has 0 amide bonds. The highest BCUT2D eigenvalue weighted by Gasteiger charge is 2.99. The monoisotopic (exact) mass is 1250 g/mol. The Morgan fingerprint density at radius 1 is 0.848 bits per heavy atom. The van der Waals surface area contributed by atoms with Gasteiger partial charge in [0.25, 0.3) is 0 Å². The molecule has 5 bridgehead atoms. The van der Waals surface area contributed by atoms with Gasteiger partial charge in [-0.25, -0.2) is 4.79 Å². The number of allylic oxidation sites excluding steroid dienone is 4. The van der Waals surface area contributed by atoms with E-state index in [1.54, 1.807) is 6.26 Å². The third-order valence-electron chi connectivity index (χ3n) is 32.4. The Kier molecular flexibility index (Phi) is 12.2. The minimum absolute atomic E-state index is 0.0409. The van der Waals surface area contributed by atoms with Crippen LogP contribution in [0.1, 0.15) is 172 Å². The van der Waals surface area contributed by atoms with Gasteiger partial charge in [-0.3, -0.25) is 14.9 Å². The van der Waals surface area contributed by atoms with Crippen LogP contribution in [-0.2, 0) is 46.2 Å². The van der Waals surface area contributed by atoms with E-state index in [2.05, 4.69) is 97.1 Å². The maximum atomic E-state index is 18.0. The van der Waals surface area contributed by atoms with E-state index in [1.807, 2.05) is 6.07 Å². The van der Waals surface area contributed by atoms with Crippen molar-refractivity contribution in [2.24, 2.45) is 121 Å². The molecular weight excluding hydrogens is 1150 g/mol. The minimum atomic E-state index is -1.53. The highest BCUT2D eigenvalue weighted by Crippen LogP contribution is 2.92. The van der Waals surface area contributed by atoms with Crippen molar-refractivity contribution < 1.29 is 53.1 Å². The third-order valence-corrected chi connectivity index (χ3v) is 32.4. The molecule has 20 rings (SSSR count). The van der Waals surface area contributed by atoms with Crippen LogP contribution in [0, 0.1) is 121 Å². The van der Waals surface area contributed by atoms with Gasteiger partial charge < -0.3 is 43.6 Å². The molecule has 490 valence electrons. The third kappa shape index (κ3) is 6.79. The summed E-state index contributed by atoms with van der Waals surface area (Å²) in [5.41, 5.74) is -4.68. The zero-order valence-electron chi connectivity index (χ0n) is 54.3. The van der Waals surface area contributed by atoms with E-state index in [0.717, 1.165) is 109 Å². The molecule has 14 fully saturated rings. The van der Waals surface area contributed by atoms with Gasteiger partial charge in [-0.05, 0) is 208 Å². The molecule has 7 spiro atoms. The number of fused-ring (bicyclic) bond motifs is 5. The summed E-state index contributed by atoms with van der Waals surface area (Å²) in [6, 6.07) is 13.3. The van der Waals surface area contributed by atoms with Crippen LogP contribution in [0.3, 0.4) is 0 Å². The van der Waals surface area contributed by atoms with E-state index in [-0.39, 0.29) is 77.7 Å². The smallest absolute Gasteiger partial charge is 0.339 e. The maximum absolute atomic E-state index is 18.0. The first kappa shape index (κ1) is 57.8. The van der Waals surface area contributed by atoms with Crippen molar-refractivity contribution in [3.8, 4) is 0 Å². The second-order valence-electron chi connectivity index (χ2n) is 35.2. The van der Waals surface area contributed by atoms with Crippen molar-refractivity contribution in [1.29, 1.82) is 0 Å². The van der Waals surface area contributed by atoms with Gasteiger partial charge in [-0.1, -0.05) is 119 Å². The number of cyclic esters (lactones) is 2. The minimum Gasteiger partial charge on any atom is -0.469 e. The van der Waals surface area contributed by atoms with Crippen LogP contribution in [0.25, 0.3) is 0 Å². The number of Topliss-reactive ketones (excluding diaryl/α,β-unsaturated/α-hetero) is 1. The lowest BCUT2D eigenvalue weighted by molar-refractivity contribution is -0.301. The second kappa shape index (κ2) is 19.5. The fourth-order valence-corrected chi connectivity index (χ4v) is 29.8. The highest BCUT2D eigenvalue weighted by molar-refractivity contribution is 5.94. The molecular formula is C79H98N2O11. The first-order valence-electron chi connectivity index (χ1n) is 37.2. The summed E-state index contributed by atoms with van der Waals surface area (Å²) >= 11 is 0. The predicted octanol–water partition coefficient (Wildman–Crippen LogP) is 11.5.